The fraction of sp³-hybridized carbons (Fsp3) is 0.476. The van der Waals surface area contributed by atoms with Gasteiger partial charge in [-0.15, -0.1) is 0 Å². The smallest absolute Gasteiger partial charge is 0.257 e. The second kappa shape index (κ2) is 9.18. The van der Waals surface area contributed by atoms with Crippen LogP contribution in [0.2, 0.25) is 0 Å². The molecule has 1 aromatic heterocycles. The molecule has 1 aliphatic heterocycles. The van der Waals surface area contributed by atoms with E-state index in [0.717, 1.165) is 25.0 Å². The third-order valence-electron chi connectivity index (χ3n) is 5.45. The zero-order valence-corrected chi connectivity index (χ0v) is 18.3. The van der Waals surface area contributed by atoms with E-state index in [9.17, 15) is 17.6 Å². The molecule has 30 heavy (non-hydrogen) atoms. The summed E-state index contributed by atoms with van der Waals surface area (Å²) in [7, 11) is -3.83. The van der Waals surface area contributed by atoms with Crippen LogP contribution in [-0.2, 0) is 10.0 Å². The number of aromatic nitrogens is 2. The first kappa shape index (κ1) is 22.3. The minimum Gasteiger partial charge on any atom is -0.339 e. The number of rotatable bonds is 6. The average molecular weight is 435 g/mol. The van der Waals surface area contributed by atoms with Gasteiger partial charge in [0.15, 0.2) is 0 Å². The van der Waals surface area contributed by atoms with Crippen molar-refractivity contribution in [2.24, 2.45) is 0 Å². The molecule has 1 saturated heterocycles. The van der Waals surface area contributed by atoms with Gasteiger partial charge in [-0.3, -0.25) is 4.79 Å². The molecule has 1 aliphatic rings. The fourth-order valence-corrected chi connectivity index (χ4v) is 5.38. The summed E-state index contributed by atoms with van der Waals surface area (Å²) >= 11 is 0. The van der Waals surface area contributed by atoms with Crippen LogP contribution in [0, 0.1) is 12.7 Å². The van der Waals surface area contributed by atoms with E-state index in [1.807, 2.05) is 13.8 Å². The Morgan fingerprint density at radius 2 is 1.87 bits per heavy atom. The fourth-order valence-electron chi connectivity index (χ4n) is 3.73. The minimum atomic E-state index is -3.83. The molecular weight excluding hydrogens is 407 g/mol. The van der Waals surface area contributed by atoms with E-state index in [1.54, 1.807) is 11.8 Å². The van der Waals surface area contributed by atoms with Crippen LogP contribution in [0.15, 0.2) is 35.4 Å². The van der Waals surface area contributed by atoms with E-state index >= 15 is 0 Å². The van der Waals surface area contributed by atoms with Gasteiger partial charge in [0.25, 0.3) is 5.91 Å². The van der Waals surface area contributed by atoms with Crippen molar-refractivity contribution in [2.45, 2.75) is 51.0 Å². The number of hydrogen-bond donors (Lipinski definition) is 0. The highest BCUT2D eigenvalue weighted by molar-refractivity contribution is 7.89. The van der Waals surface area contributed by atoms with E-state index in [4.69, 9.17) is 0 Å². The van der Waals surface area contributed by atoms with Gasteiger partial charge in [-0.25, -0.2) is 22.8 Å². The number of benzene rings is 1. The Balaban J connectivity index is 1.94. The maximum Gasteiger partial charge on any atom is 0.257 e. The van der Waals surface area contributed by atoms with Crippen LogP contribution in [0.25, 0.3) is 0 Å². The van der Waals surface area contributed by atoms with E-state index in [1.165, 1.54) is 22.6 Å². The molecule has 0 radical (unpaired) electrons. The van der Waals surface area contributed by atoms with Gasteiger partial charge in [-0.1, -0.05) is 6.42 Å². The Bertz CT molecular complexity index is 1010. The Labute approximate surface area is 177 Å². The standard InChI is InChI=1S/C21H27FN4O3S/c1-4-25(5-2)21(27)18-14-23-20(24-15(18)3)19-8-6-7-13-26(19)30(28,29)17-11-9-16(22)10-12-17/h9-12,14,19H,4-8,13H2,1-3H3. The van der Waals surface area contributed by atoms with Crippen molar-refractivity contribution in [3.63, 3.8) is 0 Å². The molecule has 1 aromatic carbocycles. The third kappa shape index (κ3) is 4.37. The summed E-state index contributed by atoms with van der Waals surface area (Å²) in [6.45, 7) is 7.07. The topological polar surface area (TPSA) is 83.5 Å². The number of halogens is 1. The Hall–Kier alpha value is -2.39. The maximum absolute atomic E-state index is 13.3. The monoisotopic (exact) mass is 434 g/mol. The van der Waals surface area contributed by atoms with Crippen molar-refractivity contribution in [2.75, 3.05) is 19.6 Å². The lowest BCUT2D eigenvalue weighted by atomic mass is 10.0. The zero-order valence-electron chi connectivity index (χ0n) is 17.5. The second-order valence-corrected chi connectivity index (χ2v) is 9.18. The van der Waals surface area contributed by atoms with Crippen LogP contribution in [0.1, 0.15) is 61.0 Å². The SMILES string of the molecule is CCN(CC)C(=O)c1cnc(C2CCCCN2S(=O)(=O)c2ccc(F)cc2)nc1C. The normalized spacial score (nSPS) is 17.7. The molecule has 1 atom stereocenters. The van der Waals surface area contributed by atoms with E-state index in [0.29, 0.717) is 43.1 Å². The molecule has 1 fully saturated rings. The molecule has 1 unspecified atom stereocenters. The molecule has 0 N–H and O–H groups in total. The summed E-state index contributed by atoms with van der Waals surface area (Å²) in [5, 5.41) is 0. The first-order valence-corrected chi connectivity index (χ1v) is 11.6. The van der Waals surface area contributed by atoms with Gasteiger partial charge in [0.1, 0.15) is 11.6 Å². The Kier molecular flexibility index (Phi) is 6.82. The number of aryl methyl sites for hydroxylation is 1. The lowest BCUT2D eigenvalue weighted by molar-refractivity contribution is 0.0771. The number of piperidine rings is 1. The van der Waals surface area contributed by atoms with Crippen LogP contribution in [0.5, 0.6) is 0 Å². The highest BCUT2D eigenvalue weighted by Gasteiger charge is 2.36. The largest absolute Gasteiger partial charge is 0.339 e. The summed E-state index contributed by atoms with van der Waals surface area (Å²) in [4.78, 5) is 23.3. The molecule has 7 nitrogen and oxygen atoms in total. The molecule has 9 heteroatoms. The van der Waals surface area contributed by atoms with E-state index < -0.39 is 21.9 Å². The van der Waals surface area contributed by atoms with Gasteiger partial charge in [0, 0.05) is 25.8 Å². The van der Waals surface area contributed by atoms with Gasteiger partial charge in [-0.2, -0.15) is 4.31 Å². The van der Waals surface area contributed by atoms with Crippen LogP contribution < -0.4 is 0 Å². The van der Waals surface area contributed by atoms with E-state index in [2.05, 4.69) is 9.97 Å². The van der Waals surface area contributed by atoms with Gasteiger partial charge in [-0.05, 0) is 57.9 Å². The van der Waals surface area contributed by atoms with Crippen molar-refractivity contribution in [3.8, 4) is 0 Å². The number of nitrogens with zero attached hydrogens (tertiary/aromatic N) is 4. The molecule has 0 aliphatic carbocycles. The van der Waals surface area contributed by atoms with Crippen LogP contribution in [0.4, 0.5) is 4.39 Å². The second-order valence-electron chi connectivity index (χ2n) is 7.29. The molecule has 1 amide bonds. The maximum atomic E-state index is 13.3. The molecule has 0 saturated carbocycles. The van der Waals surface area contributed by atoms with Crippen LogP contribution in [0.3, 0.4) is 0 Å². The number of hydrogen-bond acceptors (Lipinski definition) is 5. The molecule has 3 rings (SSSR count). The average Bonchev–Trinajstić information content (AvgIpc) is 2.74. The summed E-state index contributed by atoms with van der Waals surface area (Å²) in [5.74, 6) is -0.242. The first-order valence-electron chi connectivity index (χ1n) is 10.2. The van der Waals surface area contributed by atoms with Gasteiger partial charge >= 0.3 is 0 Å². The predicted octanol–water partition coefficient (Wildman–Crippen LogP) is 3.32. The zero-order chi connectivity index (χ0) is 21.9. The molecule has 2 heterocycles. The van der Waals surface area contributed by atoms with E-state index in [-0.39, 0.29) is 10.8 Å². The van der Waals surface area contributed by atoms with Crippen LogP contribution >= 0.6 is 0 Å². The molecule has 0 bridgehead atoms. The van der Waals surface area contributed by atoms with Crippen molar-refractivity contribution in [1.82, 2.24) is 19.2 Å². The summed E-state index contributed by atoms with van der Waals surface area (Å²) in [6.07, 6.45) is 3.66. The number of carbonyl (C=O) groups is 1. The van der Waals surface area contributed by atoms with Crippen molar-refractivity contribution in [3.05, 3.63) is 53.4 Å². The van der Waals surface area contributed by atoms with Crippen molar-refractivity contribution >= 4 is 15.9 Å². The highest BCUT2D eigenvalue weighted by atomic mass is 32.2. The molecule has 162 valence electrons. The van der Waals surface area contributed by atoms with Gasteiger partial charge < -0.3 is 4.90 Å². The Morgan fingerprint density at radius 3 is 2.47 bits per heavy atom. The number of carbonyl (C=O) groups excluding carboxylic acids is 1. The Morgan fingerprint density at radius 1 is 1.20 bits per heavy atom. The van der Waals surface area contributed by atoms with Crippen molar-refractivity contribution in [1.29, 1.82) is 0 Å². The predicted molar refractivity (Wildman–Crippen MR) is 111 cm³/mol. The lowest BCUT2D eigenvalue weighted by Gasteiger charge is -2.33. The third-order valence-corrected chi connectivity index (χ3v) is 7.37. The molecule has 0 spiro atoms. The van der Waals surface area contributed by atoms with Gasteiger partial charge in [0.2, 0.25) is 10.0 Å². The van der Waals surface area contributed by atoms with Crippen LogP contribution in [-0.4, -0.2) is 53.1 Å². The number of amides is 1. The molecule has 2 aromatic rings. The minimum absolute atomic E-state index is 0.0425. The van der Waals surface area contributed by atoms with Crippen molar-refractivity contribution < 1.29 is 17.6 Å². The summed E-state index contributed by atoms with van der Waals surface area (Å²) < 4.78 is 41.0. The summed E-state index contributed by atoms with van der Waals surface area (Å²) in [6, 6.07) is 4.30. The number of sulfonamides is 1. The summed E-state index contributed by atoms with van der Waals surface area (Å²) in [5.41, 5.74) is 0.952. The highest BCUT2D eigenvalue weighted by Crippen LogP contribution is 2.34. The van der Waals surface area contributed by atoms with Gasteiger partial charge in [0.05, 0.1) is 22.2 Å². The lowest BCUT2D eigenvalue weighted by Crippen LogP contribution is -2.39. The first-order chi connectivity index (χ1) is 14.3. The molecular formula is C21H27FN4O3S. The quantitative estimate of drug-likeness (QED) is 0.696.